The minimum atomic E-state index is -3.25. The van der Waals surface area contributed by atoms with Gasteiger partial charge < -0.3 is 10.5 Å². The molecule has 0 saturated heterocycles. The van der Waals surface area contributed by atoms with Gasteiger partial charge in [0.05, 0.1) is 16.8 Å². The van der Waals surface area contributed by atoms with Crippen molar-refractivity contribution in [3.63, 3.8) is 0 Å². The molecule has 96 valence electrons. The maximum absolute atomic E-state index is 11.9. The van der Waals surface area contributed by atoms with Crippen LogP contribution >= 0.6 is 0 Å². The van der Waals surface area contributed by atoms with Gasteiger partial charge >= 0.3 is 0 Å². The van der Waals surface area contributed by atoms with Crippen molar-refractivity contribution >= 4 is 15.5 Å². The molecule has 1 aromatic carbocycles. The molecule has 0 amide bonds. The molecule has 0 spiro atoms. The molecule has 2 N–H and O–H groups in total. The normalized spacial score (nSPS) is 11.8. The molecule has 1 rings (SSSR count). The lowest BCUT2D eigenvalue weighted by Gasteiger charge is -2.12. The van der Waals surface area contributed by atoms with Crippen LogP contribution in [0, 0.1) is 0 Å². The first-order valence-electron chi connectivity index (χ1n) is 5.65. The van der Waals surface area contributed by atoms with Gasteiger partial charge in [0.15, 0.2) is 9.84 Å². The van der Waals surface area contributed by atoms with Crippen molar-refractivity contribution in [2.45, 2.75) is 38.2 Å². The predicted molar refractivity (Wildman–Crippen MR) is 69.0 cm³/mol. The van der Waals surface area contributed by atoms with Gasteiger partial charge in [0, 0.05) is 11.8 Å². The summed E-state index contributed by atoms with van der Waals surface area (Å²) in [5, 5.41) is 0. The number of ether oxygens (including phenoxy) is 1. The highest BCUT2D eigenvalue weighted by atomic mass is 32.2. The van der Waals surface area contributed by atoms with E-state index >= 15 is 0 Å². The fraction of sp³-hybridized carbons (Fsp3) is 0.500. The van der Waals surface area contributed by atoms with E-state index in [2.05, 4.69) is 0 Å². The number of benzene rings is 1. The summed E-state index contributed by atoms with van der Waals surface area (Å²) in [6.07, 6.45) is 0.566. The number of anilines is 1. The molecular weight excluding hydrogens is 238 g/mol. The zero-order valence-electron chi connectivity index (χ0n) is 10.4. The van der Waals surface area contributed by atoms with E-state index in [-0.39, 0.29) is 16.8 Å². The Labute approximate surface area is 103 Å². The van der Waals surface area contributed by atoms with E-state index in [9.17, 15) is 8.42 Å². The van der Waals surface area contributed by atoms with Crippen molar-refractivity contribution < 1.29 is 13.2 Å². The van der Waals surface area contributed by atoms with Gasteiger partial charge in [-0.25, -0.2) is 8.42 Å². The van der Waals surface area contributed by atoms with Gasteiger partial charge in [0.2, 0.25) is 0 Å². The summed E-state index contributed by atoms with van der Waals surface area (Å²) in [7, 11) is -3.25. The highest BCUT2D eigenvalue weighted by Crippen LogP contribution is 2.24. The average Bonchev–Trinajstić information content (AvgIpc) is 2.15. The lowest BCUT2D eigenvalue weighted by molar-refractivity contribution is 0.242. The Morgan fingerprint density at radius 1 is 1.29 bits per heavy atom. The summed E-state index contributed by atoms with van der Waals surface area (Å²) in [6, 6.07) is 4.63. The molecule has 0 fully saturated rings. The van der Waals surface area contributed by atoms with Crippen LogP contribution in [0.5, 0.6) is 5.75 Å². The first-order valence-corrected chi connectivity index (χ1v) is 7.30. The van der Waals surface area contributed by atoms with E-state index in [0.29, 0.717) is 17.9 Å². The molecule has 5 heteroatoms. The molecule has 1 aromatic rings. The zero-order chi connectivity index (χ0) is 13.1. The number of hydrogen-bond acceptors (Lipinski definition) is 4. The SMILES string of the molecule is CCCS(=O)(=O)c1cc(N)cc(OC(C)C)c1. The third kappa shape index (κ3) is 3.93. The fourth-order valence-corrected chi connectivity index (χ4v) is 2.88. The third-order valence-corrected chi connectivity index (χ3v) is 4.01. The lowest BCUT2D eigenvalue weighted by atomic mass is 10.3. The summed E-state index contributed by atoms with van der Waals surface area (Å²) in [6.45, 7) is 5.59. The minimum absolute atomic E-state index is 0.0153. The van der Waals surface area contributed by atoms with Crippen molar-refractivity contribution in [3.05, 3.63) is 18.2 Å². The number of nitrogen functional groups attached to an aromatic ring is 1. The van der Waals surface area contributed by atoms with Crippen molar-refractivity contribution in [2.75, 3.05) is 11.5 Å². The van der Waals surface area contributed by atoms with Crippen LogP contribution in [0.1, 0.15) is 27.2 Å². The summed E-state index contributed by atoms with van der Waals surface area (Å²) < 4.78 is 29.3. The molecule has 0 heterocycles. The number of sulfone groups is 1. The van der Waals surface area contributed by atoms with Crippen LogP contribution < -0.4 is 10.5 Å². The summed E-state index contributed by atoms with van der Waals surface area (Å²) in [5.41, 5.74) is 6.08. The Morgan fingerprint density at radius 3 is 2.47 bits per heavy atom. The first kappa shape index (κ1) is 13.8. The Kier molecular flexibility index (Phi) is 4.40. The standard InChI is InChI=1S/C12H19NO3S/c1-4-5-17(14,15)12-7-10(13)6-11(8-12)16-9(2)3/h6-9H,4-5,13H2,1-3H3. The molecule has 0 bridgehead atoms. The first-order chi connectivity index (χ1) is 7.85. The minimum Gasteiger partial charge on any atom is -0.491 e. The van der Waals surface area contributed by atoms with Crippen LogP contribution in [0.3, 0.4) is 0 Å². The molecular formula is C12H19NO3S. The highest BCUT2D eigenvalue weighted by Gasteiger charge is 2.15. The summed E-state index contributed by atoms with van der Waals surface area (Å²) in [4.78, 5) is 0.231. The van der Waals surface area contributed by atoms with E-state index in [1.165, 1.54) is 12.1 Å². The molecule has 4 nitrogen and oxygen atoms in total. The molecule has 0 unspecified atom stereocenters. The van der Waals surface area contributed by atoms with Crippen LogP contribution in [0.4, 0.5) is 5.69 Å². The highest BCUT2D eigenvalue weighted by molar-refractivity contribution is 7.91. The predicted octanol–water partition coefficient (Wildman–Crippen LogP) is 2.24. The van der Waals surface area contributed by atoms with Crippen molar-refractivity contribution in [1.29, 1.82) is 0 Å². The second-order valence-corrected chi connectivity index (χ2v) is 6.33. The molecule has 0 aromatic heterocycles. The van der Waals surface area contributed by atoms with Crippen LogP contribution in [-0.2, 0) is 9.84 Å². The smallest absolute Gasteiger partial charge is 0.178 e. The van der Waals surface area contributed by atoms with Gasteiger partial charge in [-0.15, -0.1) is 0 Å². The van der Waals surface area contributed by atoms with Gasteiger partial charge in [-0.2, -0.15) is 0 Å². The third-order valence-electron chi connectivity index (χ3n) is 2.11. The zero-order valence-corrected chi connectivity index (χ0v) is 11.3. The Morgan fingerprint density at radius 2 is 1.94 bits per heavy atom. The summed E-state index contributed by atoms with van der Waals surface area (Å²) in [5.74, 6) is 0.618. The lowest BCUT2D eigenvalue weighted by Crippen LogP contribution is -2.09. The van der Waals surface area contributed by atoms with E-state index in [0.717, 1.165) is 0 Å². The molecule has 0 atom stereocenters. The molecule has 0 aliphatic rings. The van der Waals surface area contributed by atoms with E-state index < -0.39 is 9.84 Å². The monoisotopic (exact) mass is 257 g/mol. The van der Waals surface area contributed by atoms with Crippen molar-refractivity contribution in [2.24, 2.45) is 0 Å². The van der Waals surface area contributed by atoms with Gasteiger partial charge in [-0.3, -0.25) is 0 Å². The van der Waals surface area contributed by atoms with Gasteiger partial charge in [0.1, 0.15) is 5.75 Å². The van der Waals surface area contributed by atoms with Gasteiger partial charge in [0.25, 0.3) is 0 Å². The van der Waals surface area contributed by atoms with Crippen LogP contribution in [0.15, 0.2) is 23.1 Å². The maximum Gasteiger partial charge on any atom is 0.178 e. The quantitative estimate of drug-likeness (QED) is 0.821. The van der Waals surface area contributed by atoms with Gasteiger partial charge in [-0.1, -0.05) is 6.92 Å². The molecule has 0 aliphatic carbocycles. The summed E-state index contributed by atoms with van der Waals surface area (Å²) >= 11 is 0. The largest absolute Gasteiger partial charge is 0.491 e. The number of nitrogens with two attached hydrogens (primary N) is 1. The van der Waals surface area contributed by atoms with Crippen LogP contribution in [-0.4, -0.2) is 20.3 Å². The van der Waals surface area contributed by atoms with Crippen LogP contribution in [0.2, 0.25) is 0 Å². The topological polar surface area (TPSA) is 69.4 Å². The second kappa shape index (κ2) is 5.40. The maximum atomic E-state index is 11.9. The van der Waals surface area contributed by atoms with Crippen molar-refractivity contribution in [3.8, 4) is 5.75 Å². The Balaban J connectivity index is 3.13. The van der Waals surface area contributed by atoms with Gasteiger partial charge in [-0.05, 0) is 32.4 Å². The van der Waals surface area contributed by atoms with Crippen LogP contribution in [0.25, 0.3) is 0 Å². The number of hydrogen-bond donors (Lipinski definition) is 1. The van der Waals surface area contributed by atoms with E-state index in [4.69, 9.17) is 10.5 Å². The Bertz CT molecular complexity index is 481. The fourth-order valence-electron chi connectivity index (χ4n) is 1.50. The van der Waals surface area contributed by atoms with Crippen molar-refractivity contribution in [1.82, 2.24) is 0 Å². The molecule has 0 aliphatic heterocycles. The van der Waals surface area contributed by atoms with E-state index in [1.807, 2.05) is 20.8 Å². The second-order valence-electron chi connectivity index (χ2n) is 4.22. The molecule has 0 saturated carbocycles. The number of rotatable bonds is 5. The Hall–Kier alpha value is -1.23. The molecule has 17 heavy (non-hydrogen) atoms. The molecule has 0 radical (unpaired) electrons. The average molecular weight is 257 g/mol. The van der Waals surface area contributed by atoms with E-state index in [1.54, 1.807) is 6.07 Å².